The summed E-state index contributed by atoms with van der Waals surface area (Å²) in [5, 5.41) is 3.16. The van der Waals surface area contributed by atoms with E-state index in [0.29, 0.717) is 0 Å². The van der Waals surface area contributed by atoms with Crippen molar-refractivity contribution in [1.29, 1.82) is 0 Å². The van der Waals surface area contributed by atoms with E-state index in [0.717, 1.165) is 42.3 Å². The summed E-state index contributed by atoms with van der Waals surface area (Å²) in [5.41, 5.74) is 4.31. The molecule has 0 saturated carbocycles. The standard InChI is InChI=1S/C17H22N2O/c1-4-11-20-17-8-6-5-7-15(17)16-10-9-14(12-18-3)13(2)19-16/h5-10,18H,4,11-12H2,1-3H3. The number of hydrogen-bond donors (Lipinski definition) is 1. The summed E-state index contributed by atoms with van der Waals surface area (Å²) in [4.78, 5) is 4.71. The van der Waals surface area contributed by atoms with Gasteiger partial charge >= 0.3 is 0 Å². The molecule has 0 aliphatic heterocycles. The fourth-order valence-electron chi connectivity index (χ4n) is 2.13. The predicted octanol–water partition coefficient (Wildman–Crippen LogP) is 3.57. The van der Waals surface area contributed by atoms with Crippen LogP contribution in [0, 0.1) is 6.92 Å². The minimum Gasteiger partial charge on any atom is -0.493 e. The van der Waals surface area contributed by atoms with E-state index >= 15 is 0 Å². The van der Waals surface area contributed by atoms with Crippen LogP contribution in [0.2, 0.25) is 0 Å². The lowest BCUT2D eigenvalue weighted by atomic mass is 10.1. The topological polar surface area (TPSA) is 34.1 Å². The molecule has 1 heterocycles. The van der Waals surface area contributed by atoms with Crippen LogP contribution in [0.15, 0.2) is 36.4 Å². The van der Waals surface area contributed by atoms with Crippen molar-refractivity contribution < 1.29 is 4.74 Å². The molecule has 0 aliphatic rings. The van der Waals surface area contributed by atoms with Crippen LogP contribution in [0.1, 0.15) is 24.6 Å². The molecule has 2 aromatic rings. The normalized spacial score (nSPS) is 10.6. The van der Waals surface area contributed by atoms with Crippen LogP contribution >= 0.6 is 0 Å². The van der Waals surface area contributed by atoms with Crippen molar-refractivity contribution in [2.45, 2.75) is 26.8 Å². The van der Waals surface area contributed by atoms with Crippen molar-refractivity contribution in [3.05, 3.63) is 47.7 Å². The largest absolute Gasteiger partial charge is 0.493 e. The van der Waals surface area contributed by atoms with E-state index in [1.54, 1.807) is 0 Å². The zero-order valence-corrected chi connectivity index (χ0v) is 12.4. The Labute approximate surface area is 121 Å². The minimum atomic E-state index is 0.730. The predicted molar refractivity (Wildman–Crippen MR) is 83.0 cm³/mol. The van der Waals surface area contributed by atoms with Gasteiger partial charge in [-0.1, -0.05) is 25.1 Å². The maximum Gasteiger partial charge on any atom is 0.128 e. The van der Waals surface area contributed by atoms with Crippen LogP contribution in [-0.2, 0) is 6.54 Å². The smallest absolute Gasteiger partial charge is 0.128 e. The van der Waals surface area contributed by atoms with Crippen molar-refractivity contribution in [1.82, 2.24) is 10.3 Å². The fourth-order valence-corrected chi connectivity index (χ4v) is 2.13. The van der Waals surface area contributed by atoms with Gasteiger partial charge in [0.15, 0.2) is 0 Å². The second-order valence-electron chi connectivity index (χ2n) is 4.82. The van der Waals surface area contributed by atoms with Crippen LogP contribution in [0.25, 0.3) is 11.3 Å². The molecule has 0 bridgehead atoms. The van der Waals surface area contributed by atoms with Crippen LogP contribution in [0.3, 0.4) is 0 Å². The van der Waals surface area contributed by atoms with E-state index in [9.17, 15) is 0 Å². The third-order valence-corrected chi connectivity index (χ3v) is 3.19. The molecule has 0 aliphatic carbocycles. The van der Waals surface area contributed by atoms with E-state index in [1.165, 1.54) is 5.56 Å². The molecule has 0 fully saturated rings. The highest BCUT2D eigenvalue weighted by atomic mass is 16.5. The highest BCUT2D eigenvalue weighted by Gasteiger charge is 2.08. The van der Waals surface area contributed by atoms with Gasteiger partial charge in [-0.25, -0.2) is 0 Å². The average Bonchev–Trinajstić information content (AvgIpc) is 2.48. The summed E-state index contributed by atoms with van der Waals surface area (Å²) in [6.07, 6.45) is 1.00. The Morgan fingerprint density at radius 3 is 2.65 bits per heavy atom. The van der Waals surface area contributed by atoms with E-state index in [-0.39, 0.29) is 0 Å². The first-order valence-electron chi connectivity index (χ1n) is 7.09. The van der Waals surface area contributed by atoms with Gasteiger partial charge in [-0.3, -0.25) is 4.98 Å². The third kappa shape index (κ3) is 3.36. The average molecular weight is 270 g/mol. The zero-order valence-electron chi connectivity index (χ0n) is 12.4. The van der Waals surface area contributed by atoms with Gasteiger partial charge in [0.25, 0.3) is 0 Å². The fraction of sp³-hybridized carbons (Fsp3) is 0.353. The van der Waals surface area contributed by atoms with Gasteiger partial charge in [-0.15, -0.1) is 0 Å². The first-order chi connectivity index (χ1) is 9.76. The lowest BCUT2D eigenvalue weighted by Crippen LogP contribution is -2.07. The number of para-hydroxylation sites is 1. The number of pyridine rings is 1. The Balaban J connectivity index is 2.33. The number of ether oxygens (including phenoxy) is 1. The lowest BCUT2D eigenvalue weighted by Gasteiger charge is -2.12. The van der Waals surface area contributed by atoms with Gasteiger partial charge in [0.2, 0.25) is 0 Å². The Hall–Kier alpha value is -1.87. The maximum absolute atomic E-state index is 5.81. The Morgan fingerprint density at radius 1 is 1.15 bits per heavy atom. The molecule has 0 radical (unpaired) electrons. The zero-order chi connectivity index (χ0) is 14.4. The quantitative estimate of drug-likeness (QED) is 0.871. The number of aryl methyl sites for hydroxylation is 1. The minimum absolute atomic E-state index is 0.730. The van der Waals surface area contributed by atoms with E-state index in [4.69, 9.17) is 9.72 Å². The maximum atomic E-state index is 5.81. The van der Waals surface area contributed by atoms with Crippen molar-refractivity contribution in [3.63, 3.8) is 0 Å². The number of nitrogens with zero attached hydrogens (tertiary/aromatic N) is 1. The molecule has 3 nitrogen and oxygen atoms in total. The highest BCUT2D eigenvalue weighted by Crippen LogP contribution is 2.29. The Kier molecular flexibility index (Phi) is 5.13. The van der Waals surface area contributed by atoms with Gasteiger partial charge in [-0.2, -0.15) is 0 Å². The van der Waals surface area contributed by atoms with Gasteiger partial charge in [0, 0.05) is 17.8 Å². The van der Waals surface area contributed by atoms with Gasteiger partial charge in [0.05, 0.1) is 12.3 Å². The van der Waals surface area contributed by atoms with Crippen LogP contribution in [-0.4, -0.2) is 18.6 Å². The van der Waals surface area contributed by atoms with Crippen molar-refractivity contribution in [2.24, 2.45) is 0 Å². The Bertz CT molecular complexity index is 567. The number of aromatic nitrogens is 1. The van der Waals surface area contributed by atoms with Crippen LogP contribution in [0.4, 0.5) is 0 Å². The molecule has 0 atom stereocenters. The van der Waals surface area contributed by atoms with Gasteiger partial charge in [0.1, 0.15) is 5.75 Å². The van der Waals surface area contributed by atoms with E-state index < -0.39 is 0 Å². The molecule has 106 valence electrons. The monoisotopic (exact) mass is 270 g/mol. The molecule has 1 aromatic heterocycles. The summed E-state index contributed by atoms with van der Waals surface area (Å²) in [7, 11) is 1.95. The molecule has 20 heavy (non-hydrogen) atoms. The van der Waals surface area contributed by atoms with Gasteiger partial charge in [-0.05, 0) is 44.2 Å². The number of rotatable bonds is 6. The molecular weight excluding hydrogens is 248 g/mol. The molecule has 0 spiro atoms. The number of benzene rings is 1. The molecule has 1 aromatic carbocycles. The molecule has 0 saturated heterocycles. The van der Waals surface area contributed by atoms with E-state index in [2.05, 4.69) is 30.4 Å². The molecular formula is C17H22N2O. The van der Waals surface area contributed by atoms with Crippen molar-refractivity contribution in [2.75, 3.05) is 13.7 Å². The van der Waals surface area contributed by atoms with Crippen LogP contribution < -0.4 is 10.1 Å². The first kappa shape index (κ1) is 14.5. The number of hydrogen-bond acceptors (Lipinski definition) is 3. The third-order valence-electron chi connectivity index (χ3n) is 3.19. The van der Waals surface area contributed by atoms with Crippen molar-refractivity contribution in [3.8, 4) is 17.0 Å². The SMILES string of the molecule is CCCOc1ccccc1-c1ccc(CNC)c(C)n1. The second-order valence-corrected chi connectivity index (χ2v) is 4.82. The highest BCUT2D eigenvalue weighted by molar-refractivity contribution is 5.67. The summed E-state index contributed by atoms with van der Waals surface area (Å²) in [6.45, 7) is 5.73. The molecule has 0 amide bonds. The lowest BCUT2D eigenvalue weighted by molar-refractivity contribution is 0.318. The van der Waals surface area contributed by atoms with Crippen molar-refractivity contribution >= 4 is 0 Å². The summed E-state index contributed by atoms with van der Waals surface area (Å²) < 4.78 is 5.81. The van der Waals surface area contributed by atoms with Gasteiger partial charge < -0.3 is 10.1 Å². The molecule has 3 heteroatoms. The molecule has 2 rings (SSSR count). The van der Waals surface area contributed by atoms with E-state index in [1.807, 2.05) is 32.2 Å². The second kappa shape index (κ2) is 7.06. The Morgan fingerprint density at radius 2 is 1.95 bits per heavy atom. The molecule has 0 unspecified atom stereocenters. The van der Waals surface area contributed by atoms with Crippen LogP contribution in [0.5, 0.6) is 5.75 Å². The summed E-state index contributed by atoms with van der Waals surface area (Å²) in [6, 6.07) is 12.3. The summed E-state index contributed by atoms with van der Waals surface area (Å²) in [5.74, 6) is 0.905. The first-order valence-corrected chi connectivity index (χ1v) is 7.09. The number of nitrogens with one attached hydrogen (secondary N) is 1. The summed E-state index contributed by atoms with van der Waals surface area (Å²) >= 11 is 0. The molecule has 1 N–H and O–H groups in total.